The van der Waals surface area contributed by atoms with Crippen molar-refractivity contribution >= 4 is 78.0 Å². The fourth-order valence-corrected chi connectivity index (χ4v) is 14.9. The average Bonchev–Trinajstić information content (AvgIpc) is 3.91. The molecule has 7 aromatic rings. The van der Waals surface area contributed by atoms with E-state index in [0.717, 1.165) is 52.4 Å². The van der Waals surface area contributed by atoms with Gasteiger partial charge in [0, 0.05) is 27.4 Å². The molecule has 6 aromatic carbocycles. The maximum atomic E-state index is 9.48. The van der Waals surface area contributed by atoms with Gasteiger partial charge >= 0.3 is 0 Å². The lowest BCUT2D eigenvalue weighted by molar-refractivity contribution is 0.332. The largest absolute Gasteiger partial charge is 0.311 e. The van der Waals surface area contributed by atoms with Crippen LogP contribution in [-0.4, -0.2) is 6.71 Å². The summed E-state index contributed by atoms with van der Waals surface area (Å²) >= 11 is 1.90. The molecule has 0 radical (unpaired) electrons. The van der Waals surface area contributed by atoms with Gasteiger partial charge in [0.05, 0.1) is 17.5 Å². The molecule has 2 bridgehead atoms. The first-order valence-electron chi connectivity index (χ1n) is 27.4. The molecular formula is C63H69BN2S. The zero-order valence-corrected chi connectivity index (χ0v) is 43.2. The second-order valence-electron chi connectivity index (χ2n) is 25.3. The van der Waals surface area contributed by atoms with Gasteiger partial charge in [-0.3, -0.25) is 0 Å². The lowest BCUT2D eigenvalue weighted by Crippen LogP contribution is -2.61. The van der Waals surface area contributed by atoms with Crippen LogP contribution in [0.2, 0.25) is 0 Å². The highest BCUT2D eigenvalue weighted by Gasteiger charge is 2.54. The number of nitrogens with zero attached hydrogens (tertiary/aromatic N) is 2. The molecule has 4 heteroatoms. The van der Waals surface area contributed by atoms with Crippen LogP contribution in [0.1, 0.15) is 167 Å². The highest BCUT2D eigenvalue weighted by atomic mass is 32.1. The molecule has 1 saturated carbocycles. The van der Waals surface area contributed by atoms with Gasteiger partial charge in [0.2, 0.25) is 0 Å². The highest BCUT2D eigenvalue weighted by molar-refractivity contribution is 7.26. The first-order chi connectivity index (χ1) is 33.5. The summed E-state index contributed by atoms with van der Waals surface area (Å²) in [6.07, 6.45) is 5.82. The van der Waals surface area contributed by atoms with E-state index in [9.17, 15) is 2.74 Å². The molecule has 2 atom stereocenters. The van der Waals surface area contributed by atoms with E-state index in [1.165, 1.54) is 84.1 Å². The summed E-state index contributed by atoms with van der Waals surface area (Å²) in [6.45, 7) is 32.6. The molecule has 0 saturated heterocycles. The van der Waals surface area contributed by atoms with Crippen LogP contribution in [0.15, 0.2) is 103 Å². The third-order valence-electron chi connectivity index (χ3n) is 17.5. The van der Waals surface area contributed by atoms with Gasteiger partial charge in [-0.15, -0.1) is 11.3 Å². The van der Waals surface area contributed by atoms with Crippen molar-refractivity contribution in [2.45, 2.75) is 162 Å². The van der Waals surface area contributed by atoms with Crippen molar-refractivity contribution < 1.29 is 6.85 Å². The van der Waals surface area contributed by atoms with Crippen LogP contribution in [-0.2, 0) is 32.5 Å². The number of hydrogen-bond donors (Lipinski definition) is 0. The molecule has 67 heavy (non-hydrogen) atoms. The summed E-state index contributed by atoms with van der Waals surface area (Å²) in [4.78, 5) is 5.00. The number of benzene rings is 6. The van der Waals surface area contributed by atoms with Gasteiger partial charge in [-0.2, -0.15) is 0 Å². The van der Waals surface area contributed by atoms with Crippen LogP contribution in [0.3, 0.4) is 0 Å². The van der Waals surface area contributed by atoms with Gasteiger partial charge in [0.25, 0.3) is 6.71 Å². The Balaban J connectivity index is 1.27. The van der Waals surface area contributed by atoms with E-state index in [4.69, 9.17) is 4.11 Å². The fraction of sp³-hybridized carbons (Fsp3) is 0.397. The van der Waals surface area contributed by atoms with Crippen molar-refractivity contribution in [1.29, 1.82) is 0 Å². The number of thiophene rings is 1. The fourth-order valence-electron chi connectivity index (χ4n) is 13.6. The number of anilines is 6. The van der Waals surface area contributed by atoms with Crippen molar-refractivity contribution in [3.8, 4) is 11.1 Å². The normalized spacial score (nSPS) is 22.9. The Morgan fingerprint density at radius 2 is 1.18 bits per heavy atom. The van der Waals surface area contributed by atoms with Crippen LogP contribution in [0.25, 0.3) is 21.2 Å². The van der Waals surface area contributed by atoms with Gasteiger partial charge in [0.15, 0.2) is 0 Å². The minimum Gasteiger partial charge on any atom is -0.311 e. The maximum Gasteiger partial charge on any atom is 0.254 e. The summed E-state index contributed by atoms with van der Waals surface area (Å²) < 4.78 is 46.9. The van der Waals surface area contributed by atoms with Crippen molar-refractivity contribution in [3.63, 3.8) is 0 Å². The number of hydrogen-bond acceptors (Lipinski definition) is 3. The molecule has 5 aliphatic rings. The Bertz CT molecular complexity index is 3520. The van der Waals surface area contributed by atoms with Crippen molar-refractivity contribution in [2.24, 2.45) is 0 Å². The second-order valence-corrected chi connectivity index (χ2v) is 26.3. The predicted molar refractivity (Wildman–Crippen MR) is 292 cm³/mol. The molecule has 0 spiro atoms. The smallest absolute Gasteiger partial charge is 0.254 e. The van der Waals surface area contributed by atoms with E-state index in [-0.39, 0.29) is 75.0 Å². The molecular weight excluding hydrogens is 828 g/mol. The van der Waals surface area contributed by atoms with E-state index >= 15 is 0 Å². The van der Waals surface area contributed by atoms with Gasteiger partial charge in [-0.25, -0.2) is 0 Å². The van der Waals surface area contributed by atoms with Crippen LogP contribution in [0.5, 0.6) is 0 Å². The molecule has 0 N–H and O–H groups in total. The molecule has 2 unspecified atom stereocenters. The number of aryl methyl sites for hydroxylation is 2. The molecule has 12 rings (SSSR count). The molecule has 1 aromatic heterocycles. The van der Waals surface area contributed by atoms with Gasteiger partial charge < -0.3 is 9.80 Å². The van der Waals surface area contributed by atoms with E-state index in [0.29, 0.717) is 5.56 Å². The van der Waals surface area contributed by atoms with Crippen molar-refractivity contribution in [2.75, 3.05) is 9.80 Å². The van der Waals surface area contributed by atoms with E-state index < -0.39 is 0 Å². The summed E-state index contributed by atoms with van der Waals surface area (Å²) in [5.41, 5.74) is 20.6. The quantitative estimate of drug-likeness (QED) is 0.163. The van der Waals surface area contributed by atoms with Gasteiger partial charge in [-0.1, -0.05) is 144 Å². The summed E-state index contributed by atoms with van der Waals surface area (Å²) in [5.74, 6) is 0. The van der Waals surface area contributed by atoms with Crippen LogP contribution >= 0.6 is 11.3 Å². The topological polar surface area (TPSA) is 6.48 Å². The molecule has 1 fully saturated rings. The standard InChI is InChI=1S/C63H69BN2S/c1-37-28-42(59(6,7)8)29-38(2)56(37)66-50-23-20-41(58(3,4)5)32-49(50)64-54-44-34-47-48(63(14)27-26-62(47,13)36-63)35-53(44)67-57(54)65(43-21-22-45-46(33-43)61(11,12)25-24-60(45,9)10)51-30-40(31-52(66)55(51)64)39-18-16-15-17-19-39/h15-23,28-35H,24-27,36H2,1-14H3/i15D,16D,17D,18D,19D. The monoisotopic (exact) mass is 902 g/mol. The molecule has 340 valence electrons. The lowest BCUT2D eigenvalue weighted by atomic mass is 9.33. The van der Waals surface area contributed by atoms with Gasteiger partial charge in [-0.05, 0) is 198 Å². The summed E-state index contributed by atoms with van der Waals surface area (Å²) in [5, 5.41) is 2.52. The first kappa shape index (κ1) is 37.9. The minimum atomic E-state index is -0.386. The van der Waals surface area contributed by atoms with E-state index in [2.05, 4.69) is 180 Å². The van der Waals surface area contributed by atoms with Crippen molar-refractivity contribution in [3.05, 3.63) is 148 Å². The minimum absolute atomic E-state index is 0.0264. The maximum absolute atomic E-state index is 9.48. The molecule has 0 amide bonds. The average molecular weight is 902 g/mol. The third kappa shape index (κ3) is 6.19. The van der Waals surface area contributed by atoms with E-state index in [1.54, 1.807) is 0 Å². The molecule has 3 aliphatic carbocycles. The molecule has 3 heterocycles. The predicted octanol–water partition coefficient (Wildman–Crippen LogP) is 15.9. The first-order valence-corrected chi connectivity index (χ1v) is 25.7. The Morgan fingerprint density at radius 3 is 1.82 bits per heavy atom. The van der Waals surface area contributed by atoms with Crippen molar-refractivity contribution in [1.82, 2.24) is 0 Å². The Kier molecular flexibility index (Phi) is 7.80. The Hall–Kier alpha value is -5.06. The van der Waals surface area contributed by atoms with Crippen LogP contribution in [0.4, 0.5) is 33.4 Å². The SMILES string of the molecule is [2H]c1c([2H])c([2H])c(-c2cc3c4c(c2)N(c2c(C)cc(C(C)(C)C)cc2C)c2ccc(C(C)(C)C)cc2B4c2c(sc4cc5c(cc24)C2(C)CCC5(C)C2)N3c2ccc3c(c2)C(C)(C)CCC3(C)C)c([2H])c1[2H]. The van der Waals surface area contributed by atoms with Crippen LogP contribution < -0.4 is 26.2 Å². The van der Waals surface area contributed by atoms with Gasteiger partial charge in [0.1, 0.15) is 0 Å². The summed E-state index contributed by atoms with van der Waals surface area (Å²) in [6, 6.07) is 27.2. The van der Waals surface area contributed by atoms with E-state index in [1.807, 2.05) is 11.3 Å². The summed E-state index contributed by atoms with van der Waals surface area (Å²) in [7, 11) is 0. The number of rotatable bonds is 3. The highest BCUT2D eigenvalue weighted by Crippen LogP contribution is 2.62. The molecule has 2 nitrogen and oxygen atoms in total. The number of fused-ring (bicyclic) bond motifs is 12. The molecule has 2 aliphatic heterocycles. The zero-order chi connectivity index (χ0) is 51.5. The Labute approximate surface area is 413 Å². The lowest BCUT2D eigenvalue weighted by Gasteiger charge is -2.45. The second kappa shape index (κ2) is 13.8. The zero-order valence-electron chi connectivity index (χ0n) is 47.3. The van der Waals surface area contributed by atoms with Crippen LogP contribution in [0, 0.1) is 13.8 Å². The Morgan fingerprint density at radius 1 is 0.567 bits per heavy atom. The third-order valence-corrected chi connectivity index (χ3v) is 18.6.